The SMILES string of the molecule is COc1ccccc1NS(=O)(=O)c1cc(NS(=O)(=O)c2ccc(F)c(F)c2F)ccc1C. The highest BCUT2D eigenvalue weighted by Gasteiger charge is 2.25. The highest BCUT2D eigenvalue weighted by molar-refractivity contribution is 7.93. The Morgan fingerprint density at radius 2 is 1.44 bits per heavy atom. The molecule has 0 spiro atoms. The van der Waals surface area contributed by atoms with Crippen LogP contribution in [0, 0.1) is 24.4 Å². The van der Waals surface area contributed by atoms with Crippen LogP contribution in [0.2, 0.25) is 0 Å². The summed E-state index contributed by atoms with van der Waals surface area (Å²) in [4.78, 5) is -1.40. The van der Waals surface area contributed by atoms with Gasteiger partial charge in [0.2, 0.25) is 0 Å². The summed E-state index contributed by atoms with van der Waals surface area (Å²) in [5.74, 6) is -5.12. The normalized spacial score (nSPS) is 11.8. The molecule has 0 aliphatic carbocycles. The van der Waals surface area contributed by atoms with Crippen molar-refractivity contribution in [3.8, 4) is 5.75 Å². The van der Waals surface area contributed by atoms with E-state index in [2.05, 4.69) is 4.72 Å². The molecule has 3 rings (SSSR count). The number of ether oxygens (including phenoxy) is 1. The topological polar surface area (TPSA) is 102 Å². The summed E-state index contributed by atoms with van der Waals surface area (Å²) < 4.78 is 101. The lowest BCUT2D eigenvalue weighted by Crippen LogP contribution is -2.18. The zero-order valence-electron chi connectivity index (χ0n) is 16.7. The number of methoxy groups -OCH3 is 1. The Kier molecular flexibility index (Phi) is 6.37. The van der Waals surface area contributed by atoms with Gasteiger partial charge in [-0.3, -0.25) is 9.44 Å². The van der Waals surface area contributed by atoms with Gasteiger partial charge in [0.15, 0.2) is 17.5 Å². The molecule has 3 aromatic rings. The van der Waals surface area contributed by atoms with E-state index in [1.165, 1.54) is 32.2 Å². The van der Waals surface area contributed by atoms with Crippen LogP contribution in [-0.4, -0.2) is 23.9 Å². The molecule has 0 unspecified atom stereocenters. The monoisotopic (exact) mass is 486 g/mol. The van der Waals surface area contributed by atoms with Crippen molar-refractivity contribution in [3.05, 3.63) is 77.6 Å². The van der Waals surface area contributed by atoms with E-state index in [0.29, 0.717) is 12.1 Å². The van der Waals surface area contributed by atoms with Crippen molar-refractivity contribution in [2.24, 2.45) is 0 Å². The molecule has 0 fully saturated rings. The standard InChI is InChI=1S/C20H17F3N2O5S2/c1-12-7-8-13(24-31(26,27)17-10-9-14(21)19(22)20(17)23)11-18(12)32(28,29)25-15-5-3-4-6-16(15)30-2/h3-11,24-25H,1-2H3. The molecule has 32 heavy (non-hydrogen) atoms. The Morgan fingerprint density at radius 1 is 0.781 bits per heavy atom. The Morgan fingerprint density at radius 3 is 2.12 bits per heavy atom. The van der Waals surface area contributed by atoms with Gasteiger partial charge in [-0.2, -0.15) is 0 Å². The number of nitrogens with one attached hydrogen (secondary N) is 2. The number of aryl methyl sites for hydroxylation is 1. The van der Waals surface area contributed by atoms with Crippen molar-refractivity contribution in [1.82, 2.24) is 0 Å². The lowest BCUT2D eigenvalue weighted by molar-refractivity contribution is 0.417. The smallest absolute Gasteiger partial charge is 0.264 e. The summed E-state index contributed by atoms with van der Waals surface area (Å²) in [5.41, 5.74) is 0.207. The van der Waals surface area contributed by atoms with Crippen molar-refractivity contribution < 1.29 is 34.7 Å². The van der Waals surface area contributed by atoms with Crippen LogP contribution in [0.5, 0.6) is 5.75 Å². The van der Waals surface area contributed by atoms with E-state index in [9.17, 15) is 30.0 Å². The van der Waals surface area contributed by atoms with Crippen LogP contribution in [0.4, 0.5) is 24.5 Å². The molecule has 0 aliphatic heterocycles. The van der Waals surface area contributed by atoms with Crippen LogP contribution in [0.25, 0.3) is 0 Å². The first-order valence-corrected chi connectivity index (χ1v) is 11.9. The van der Waals surface area contributed by atoms with Gasteiger partial charge in [0.25, 0.3) is 20.0 Å². The van der Waals surface area contributed by atoms with Crippen molar-refractivity contribution in [2.75, 3.05) is 16.6 Å². The molecule has 3 aromatic carbocycles. The van der Waals surface area contributed by atoms with Gasteiger partial charge in [-0.1, -0.05) is 18.2 Å². The molecule has 0 aromatic heterocycles. The van der Waals surface area contributed by atoms with Gasteiger partial charge in [-0.25, -0.2) is 30.0 Å². The second-order valence-corrected chi connectivity index (χ2v) is 9.87. The highest BCUT2D eigenvalue weighted by atomic mass is 32.2. The summed E-state index contributed by atoms with van der Waals surface area (Å²) in [6.45, 7) is 1.49. The third kappa shape index (κ3) is 4.65. The van der Waals surface area contributed by atoms with Crippen molar-refractivity contribution >= 4 is 31.4 Å². The molecule has 170 valence electrons. The van der Waals surface area contributed by atoms with Gasteiger partial charge in [0, 0.05) is 0 Å². The number of hydrogen-bond donors (Lipinski definition) is 2. The van der Waals surface area contributed by atoms with Gasteiger partial charge < -0.3 is 4.74 Å². The maximum Gasteiger partial charge on any atom is 0.264 e. The minimum Gasteiger partial charge on any atom is -0.495 e. The summed E-state index contributed by atoms with van der Waals surface area (Å²) in [5, 5.41) is 0. The molecule has 2 N–H and O–H groups in total. The van der Waals surface area contributed by atoms with E-state index in [0.717, 1.165) is 6.07 Å². The third-order valence-electron chi connectivity index (χ3n) is 4.37. The van der Waals surface area contributed by atoms with Crippen molar-refractivity contribution in [1.29, 1.82) is 0 Å². The Balaban J connectivity index is 1.98. The zero-order valence-corrected chi connectivity index (χ0v) is 18.3. The fraction of sp³-hybridized carbons (Fsp3) is 0.100. The van der Waals surface area contributed by atoms with Crippen LogP contribution in [0.15, 0.2) is 64.4 Å². The maximum atomic E-state index is 14.0. The van der Waals surface area contributed by atoms with Gasteiger partial charge in [0.05, 0.1) is 23.4 Å². The maximum absolute atomic E-state index is 14.0. The van der Waals surface area contributed by atoms with E-state index in [1.54, 1.807) is 18.2 Å². The average molecular weight is 486 g/mol. The van der Waals surface area contributed by atoms with Crippen molar-refractivity contribution in [2.45, 2.75) is 16.7 Å². The molecule has 0 bridgehead atoms. The Bertz CT molecular complexity index is 1390. The highest BCUT2D eigenvalue weighted by Crippen LogP contribution is 2.29. The number of halogens is 3. The molecule has 0 aliphatic rings. The molecule has 0 atom stereocenters. The number of anilines is 2. The Labute approximate surface area is 183 Å². The number of rotatable bonds is 7. The fourth-order valence-electron chi connectivity index (χ4n) is 2.81. The summed E-state index contributed by atoms with van der Waals surface area (Å²) in [6, 6.07) is 10.9. The zero-order chi connectivity index (χ0) is 23.7. The second-order valence-electron chi connectivity index (χ2n) is 6.57. The molecule has 12 heteroatoms. The molecule has 0 heterocycles. The van der Waals surface area contributed by atoms with E-state index in [1.807, 2.05) is 4.72 Å². The quantitative estimate of drug-likeness (QED) is 0.491. The second kappa shape index (κ2) is 8.71. The first-order valence-electron chi connectivity index (χ1n) is 8.89. The lowest BCUT2D eigenvalue weighted by atomic mass is 10.2. The van der Waals surface area contributed by atoms with Gasteiger partial charge in [-0.15, -0.1) is 0 Å². The lowest BCUT2D eigenvalue weighted by Gasteiger charge is -2.15. The summed E-state index contributed by atoms with van der Waals surface area (Å²) in [6.07, 6.45) is 0. The molecular weight excluding hydrogens is 469 g/mol. The van der Waals surface area contributed by atoms with Gasteiger partial charge in [0.1, 0.15) is 10.6 Å². The van der Waals surface area contributed by atoms with Crippen molar-refractivity contribution in [3.63, 3.8) is 0 Å². The van der Waals surface area contributed by atoms with Gasteiger partial charge >= 0.3 is 0 Å². The number of hydrogen-bond acceptors (Lipinski definition) is 5. The minimum atomic E-state index is -4.69. The first-order chi connectivity index (χ1) is 15.0. The molecule has 0 saturated heterocycles. The number of sulfonamides is 2. The van der Waals surface area contributed by atoms with Gasteiger partial charge in [-0.05, 0) is 48.9 Å². The molecule has 0 radical (unpaired) electrons. The summed E-state index contributed by atoms with van der Waals surface area (Å²) in [7, 11) is -7.52. The number of para-hydroxylation sites is 2. The largest absolute Gasteiger partial charge is 0.495 e. The third-order valence-corrected chi connectivity index (χ3v) is 7.28. The Hall–Kier alpha value is -3.25. The summed E-state index contributed by atoms with van der Waals surface area (Å²) >= 11 is 0. The predicted octanol–water partition coefficient (Wildman–Crippen LogP) is 4.02. The van der Waals surface area contributed by atoms with E-state index >= 15 is 0 Å². The van der Waals surface area contributed by atoms with E-state index in [-0.39, 0.29) is 27.6 Å². The van der Waals surface area contributed by atoms with Crippen LogP contribution >= 0.6 is 0 Å². The van der Waals surface area contributed by atoms with Crippen LogP contribution in [-0.2, 0) is 20.0 Å². The van der Waals surface area contributed by atoms with Crippen LogP contribution in [0.3, 0.4) is 0 Å². The first kappa shape index (κ1) is 23.4. The minimum absolute atomic E-state index is 0.157. The van der Waals surface area contributed by atoms with Crippen LogP contribution in [0.1, 0.15) is 5.56 Å². The van der Waals surface area contributed by atoms with E-state index < -0.39 is 42.4 Å². The molecular formula is C20H17F3N2O5S2. The molecule has 0 saturated carbocycles. The fourth-order valence-corrected chi connectivity index (χ4v) is 5.27. The number of benzene rings is 3. The molecule has 0 amide bonds. The van der Waals surface area contributed by atoms with E-state index in [4.69, 9.17) is 4.74 Å². The van der Waals surface area contributed by atoms with Crippen LogP contribution < -0.4 is 14.2 Å². The predicted molar refractivity (Wildman–Crippen MR) is 112 cm³/mol. The molecule has 7 nitrogen and oxygen atoms in total. The average Bonchev–Trinajstić information content (AvgIpc) is 2.73.